The number of benzene rings is 1. The van der Waals surface area contributed by atoms with Crippen molar-refractivity contribution in [3.05, 3.63) is 45.8 Å². The van der Waals surface area contributed by atoms with Crippen LogP contribution in [0.15, 0.2) is 24.3 Å². The third-order valence-corrected chi connectivity index (χ3v) is 1.13. The molecule has 0 saturated carbocycles. The van der Waals surface area contributed by atoms with Gasteiger partial charge in [-0.1, -0.05) is 12.1 Å². The Morgan fingerprint density at radius 1 is 1.31 bits per heavy atom. The minimum atomic E-state index is -1.11. The Bertz CT molecular complexity index is 332. The van der Waals surface area contributed by atoms with E-state index in [0.717, 1.165) is 0 Å². The molecule has 1 aromatic carbocycles. The summed E-state index contributed by atoms with van der Waals surface area (Å²) in [6.07, 6.45) is 0. The van der Waals surface area contributed by atoms with Crippen LogP contribution in [0.3, 0.4) is 0 Å². The molecule has 0 atom stereocenters. The van der Waals surface area contributed by atoms with Crippen LogP contribution in [0.1, 0.15) is 10.4 Å². The molecule has 0 aromatic heterocycles. The fraction of sp³-hybridized carbons (Fsp3) is 0. The first-order valence-corrected chi connectivity index (χ1v) is 3.13. The molecule has 68 valence electrons. The van der Waals surface area contributed by atoms with E-state index >= 15 is 0 Å². The van der Waals surface area contributed by atoms with Crippen LogP contribution in [-0.4, -0.2) is 16.2 Å². The lowest BCUT2D eigenvalue weighted by atomic mass is 10.2. The molecular formula is C7H6N3O3-. The van der Waals surface area contributed by atoms with E-state index in [0.29, 0.717) is 0 Å². The highest BCUT2D eigenvalue weighted by molar-refractivity contribution is 5.90. The third-order valence-electron chi connectivity index (χ3n) is 1.13. The zero-order chi connectivity index (χ0) is 10.3. The first-order valence-electron chi connectivity index (χ1n) is 3.13. The summed E-state index contributed by atoms with van der Waals surface area (Å²) in [4.78, 5) is 11.8. The number of aromatic hydroxyl groups is 1. The molecule has 1 aromatic rings. The van der Waals surface area contributed by atoms with Crippen molar-refractivity contribution >= 4 is 5.97 Å². The average Bonchev–Trinajstić information content (AvgIpc) is 2.06. The van der Waals surface area contributed by atoms with E-state index in [9.17, 15) is 4.79 Å². The quantitative estimate of drug-likeness (QED) is 0.390. The van der Waals surface area contributed by atoms with Gasteiger partial charge in [-0.2, -0.15) is 0 Å². The average molecular weight is 180 g/mol. The normalized spacial score (nSPS) is 7.69. The van der Waals surface area contributed by atoms with E-state index < -0.39 is 5.97 Å². The molecule has 0 fully saturated rings. The number of hydrogen-bond acceptors (Lipinski definition) is 2. The highest BCUT2D eigenvalue weighted by atomic mass is 16.4. The minimum absolute atomic E-state index is 0.0671. The number of phenols is 1. The summed E-state index contributed by atoms with van der Waals surface area (Å²) in [5.74, 6) is -1.31. The SMILES string of the molecule is O=C(O)c1ccccc1O.[N-]=[N+]=[N-]. The van der Waals surface area contributed by atoms with Gasteiger partial charge in [0.2, 0.25) is 0 Å². The van der Waals surface area contributed by atoms with E-state index in [1.54, 1.807) is 12.1 Å². The number of nitrogens with zero attached hydrogens (tertiary/aromatic N) is 3. The molecule has 0 amide bonds. The van der Waals surface area contributed by atoms with Crippen molar-refractivity contribution in [2.45, 2.75) is 0 Å². The van der Waals surface area contributed by atoms with Crippen molar-refractivity contribution in [3.8, 4) is 5.75 Å². The Hall–Kier alpha value is -2.20. The molecule has 0 aliphatic rings. The minimum Gasteiger partial charge on any atom is -0.507 e. The third kappa shape index (κ3) is 3.64. The van der Waals surface area contributed by atoms with E-state index in [2.05, 4.69) is 0 Å². The first kappa shape index (κ1) is 10.8. The monoisotopic (exact) mass is 180 g/mol. The van der Waals surface area contributed by atoms with Gasteiger partial charge in [0.1, 0.15) is 11.3 Å². The van der Waals surface area contributed by atoms with Gasteiger partial charge in [0.25, 0.3) is 0 Å². The second-order valence-corrected chi connectivity index (χ2v) is 1.91. The van der Waals surface area contributed by atoms with Gasteiger partial charge in [-0.25, -0.2) is 4.79 Å². The largest absolute Gasteiger partial charge is 0.507 e. The van der Waals surface area contributed by atoms with Gasteiger partial charge in [-0.05, 0) is 12.1 Å². The summed E-state index contributed by atoms with van der Waals surface area (Å²) in [5, 5.41) is 17.3. The lowest BCUT2D eigenvalue weighted by Gasteiger charge is -1.95. The number of aromatic carboxylic acids is 1. The molecule has 13 heavy (non-hydrogen) atoms. The molecule has 0 saturated heterocycles. The fourth-order valence-electron chi connectivity index (χ4n) is 0.654. The van der Waals surface area contributed by atoms with Crippen molar-refractivity contribution < 1.29 is 15.0 Å². The maximum Gasteiger partial charge on any atom is 0.339 e. The van der Waals surface area contributed by atoms with Gasteiger partial charge >= 0.3 is 5.97 Å². The Morgan fingerprint density at radius 3 is 2.08 bits per heavy atom. The summed E-state index contributed by atoms with van der Waals surface area (Å²) in [6, 6.07) is 5.81. The zero-order valence-corrected chi connectivity index (χ0v) is 6.45. The lowest BCUT2D eigenvalue weighted by molar-refractivity contribution is 0.0694. The highest BCUT2D eigenvalue weighted by Gasteiger charge is 2.05. The van der Waals surface area contributed by atoms with Crippen LogP contribution in [0.2, 0.25) is 0 Å². The van der Waals surface area contributed by atoms with Gasteiger partial charge in [0.05, 0.1) is 0 Å². The zero-order valence-electron chi connectivity index (χ0n) is 6.45. The molecule has 0 aliphatic carbocycles. The molecule has 0 spiro atoms. The van der Waals surface area contributed by atoms with Gasteiger partial charge < -0.3 is 21.3 Å². The molecule has 6 heteroatoms. The topological polar surface area (TPSA) is 116 Å². The number of rotatable bonds is 1. The molecular weight excluding hydrogens is 174 g/mol. The summed E-state index contributed by atoms with van der Waals surface area (Å²) in [7, 11) is 0. The molecule has 0 heterocycles. The summed E-state index contributed by atoms with van der Waals surface area (Å²) < 4.78 is 0. The van der Waals surface area contributed by atoms with Crippen molar-refractivity contribution in [2.24, 2.45) is 0 Å². The number of carboxylic acids is 1. The van der Waals surface area contributed by atoms with Crippen LogP contribution in [0.5, 0.6) is 5.75 Å². The van der Waals surface area contributed by atoms with Gasteiger partial charge in [0.15, 0.2) is 0 Å². The Morgan fingerprint density at radius 2 is 1.77 bits per heavy atom. The highest BCUT2D eigenvalue weighted by Crippen LogP contribution is 2.14. The Kier molecular flexibility index (Phi) is 4.53. The number of carbonyl (C=O) groups is 1. The van der Waals surface area contributed by atoms with Gasteiger partial charge in [-0.3, -0.25) is 4.91 Å². The fourth-order valence-corrected chi connectivity index (χ4v) is 0.654. The second kappa shape index (κ2) is 5.45. The second-order valence-electron chi connectivity index (χ2n) is 1.91. The molecule has 0 radical (unpaired) electrons. The predicted molar refractivity (Wildman–Crippen MR) is 45.1 cm³/mol. The summed E-state index contributed by atoms with van der Waals surface area (Å²) in [5.41, 5.74) is 13.4. The van der Waals surface area contributed by atoms with Crippen LogP contribution in [0.25, 0.3) is 16.0 Å². The number of para-hydroxylation sites is 1. The van der Waals surface area contributed by atoms with Crippen molar-refractivity contribution in [2.75, 3.05) is 0 Å². The predicted octanol–water partition coefficient (Wildman–Crippen LogP) is 1.96. The molecule has 6 nitrogen and oxygen atoms in total. The smallest absolute Gasteiger partial charge is 0.339 e. The van der Waals surface area contributed by atoms with Crippen LogP contribution in [-0.2, 0) is 0 Å². The van der Waals surface area contributed by atoms with Gasteiger partial charge in [0, 0.05) is 0 Å². The van der Waals surface area contributed by atoms with E-state index in [-0.39, 0.29) is 11.3 Å². The summed E-state index contributed by atoms with van der Waals surface area (Å²) >= 11 is 0. The molecule has 0 unspecified atom stereocenters. The van der Waals surface area contributed by atoms with Crippen LogP contribution in [0.4, 0.5) is 0 Å². The van der Waals surface area contributed by atoms with E-state index in [1.807, 2.05) is 0 Å². The van der Waals surface area contributed by atoms with Crippen molar-refractivity contribution in [1.82, 2.24) is 0 Å². The molecule has 0 bridgehead atoms. The Balaban J connectivity index is 0.000000424. The van der Waals surface area contributed by atoms with E-state index in [1.165, 1.54) is 17.0 Å². The number of carboxylic acid groups (broad SMARTS) is 1. The maximum absolute atomic E-state index is 10.3. The van der Waals surface area contributed by atoms with Crippen LogP contribution >= 0.6 is 0 Å². The molecule has 2 N–H and O–H groups in total. The van der Waals surface area contributed by atoms with Crippen molar-refractivity contribution in [1.29, 1.82) is 0 Å². The standard InChI is InChI=1S/C7H6O3.N3/c8-6-4-2-1-3-5(6)7(9)10;1-3-2/h1-4,8H,(H,9,10);/q;-1. The van der Waals surface area contributed by atoms with Crippen LogP contribution < -0.4 is 0 Å². The molecule has 0 aliphatic heterocycles. The lowest BCUT2D eigenvalue weighted by Crippen LogP contribution is -1.95. The number of hydrogen-bond donors (Lipinski definition) is 2. The van der Waals surface area contributed by atoms with Gasteiger partial charge in [-0.15, -0.1) is 0 Å². The Labute approximate surface area is 73.5 Å². The van der Waals surface area contributed by atoms with Crippen LogP contribution in [0, 0.1) is 0 Å². The van der Waals surface area contributed by atoms with Crippen molar-refractivity contribution in [3.63, 3.8) is 0 Å². The molecule has 1 rings (SSSR count). The summed E-state index contributed by atoms with van der Waals surface area (Å²) in [6.45, 7) is 0. The first-order chi connectivity index (χ1) is 6.13. The van der Waals surface area contributed by atoms with E-state index in [4.69, 9.17) is 21.3 Å². The maximum atomic E-state index is 10.3.